The van der Waals surface area contributed by atoms with Gasteiger partial charge in [0, 0.05) is 29.2 Å². The number of nitrogens with one attached hydrogen (secondary N) is 1. The number of hydrogen-bond acceptors (Lipinski definition) is 2. The van der Waals surface area contributed by atoms with Gasteiger partial charge in [-0.1, -0.05) is 22.0 Å². The van der Waals surface area contributed by atoms with Crippen LogP contribution in [0.25, 0.3) is 0 Å². The predicted molar refractivity (Wildman–Crippen MR) is 71.5 cm³/mol. The molecule has 1 aromatic carbocycles. The first kappa shape index (κ1) is 13.0. The third-order valence-electron chi connectivity index (χ3n) is 3.15. The van der Waals surface area contributed by atoms with E-state index in [9.17, 15) is 4.39 Å². The molecule has 0 radical (unpaired) electrons. The monoisotopic (exact) mass is 300 g/mol. The van der Waals surface area contributed by atoms with Crippen LogP contribution >= 0.6 is 15.9 Å². The van der Waals surface area contributed by atoms with Crippen molar-refractivity contribution in [2.24, 2.45) is 0 Å². The molecule has 17 heavy (non-hydrogen) atoms. The molecule has 1 heterocycles. The SMILES string of the molecule is CN(Cc1ccc(Br)cc1F)CC1CCCN1. The molecule has 1 aliphatic rings. The van der Waals surface area contributed by atoms with Crippen LogP contribution in [0, 0.1) is 5.82 Å². The lowest BCUT2D eigenvalue weighted by atomic mass is 10.1. The van der Waals surface area contributed by atoms with Crippen LogP contribution in [-0.2, 0) is 6.54 Å². The molecule has 0 saturated carbocycles. The maximum atomic E-state index is 13.7. The van der Waals surface area contributed by atoms with E-state index in [0.29, 0.717) is 12.6 Å². The molecule has 1 aromatic rings. The maximum Gasteiger partial charge on any atom is 0.128 e. The van der Waals surface area contributed by atoms with Crippen LogP contribution in [0.1, 0.15) is 18.4 Å². The summed E-state index contributed by atoms with van der Waals surface area (Å²) in [4.78, 5) is 2.18. The van der Waals surface area contributed by atoms with Crippen LogP contribution in [-0.4, -0.2) is 31.1 Å². The van der Waals surface area contributed by atoms with Crippen LogP contribution in [0.4, 0.5) is 4.39 Å². The molecule has 94 valence electrons. The Bertz CT molecular complexity index is 378. The zero-order valence-electron chi connectivity index (χ0n) is 10.0. The van der Waals surface area contributed by atoms with E-state index in [1.54, 1.807) is 0 Å². The molecular weight excluding hydrogens is 283 g/mol. The van der Waals surface area contributed by atoms with E-state index in [2.05, 4.69) is 26.1 Å². The van der Waals surface area contributed by atoms with Crippen LogP contribution in [0.3, 0.4) is 0 Å². The van der Waals surface area contributed by atoms with E-state index in [-0.39, 0.29) is 5.82 Å². The molecule has 1 atom stereocenters. The average Bonchev–Trinajstić information content (AvgIpc) is 2.75. The Hall–Kier alpha value is -0.450. The zero-order chi connectivity index (χ0) is 12.3. The molecule has 0 aliphatic carbocycles. The summed E-state index contributed by atoms with van der Waals surface area (Å²) in [5.74, 6) is -0.134. The highest BCUT2D eigenvalue weighted by Crippen LogP contribution is 2.17. The van der Waals surface area contributed by atoms with E-state index < -0.39 is 0 Å². The number of benzene rings is 1. The van der Waals surface area contributed by atoms with Crippen molar-refractivity contribution >= 4 is 15.9 Å². The van der Waals surface area contributed by atoms with Crippen molar-refractivity contribution in [3.05, 3.63) is 34.1 Å². The Morgan fingerprint density at radius 1 is 1.53 bits per heavy atom. The van der Waals surface area contributed by atoms with Gasteiger partial charge in [-0.25, -0.2) is 4.39 Å². The van der Waals surface area contributed by atoms with E-state index in [1.165, 1.54) is 18.9 Å². The van der Waals surface area contributed by atoms with Gasteiger partial charge in [0.15, 0.2) is 0 Å². The minimum Gasteiger partial charge on any atom is -0.313 e. The predicted octanol–water partition coefficient (Wildman–Crippen LogP) is 2.77. The summed E-state index contributed by atoms with van der Waals surface area (Å²) in [6.45, 7) is 2.76. The Balaban J connectivity index is 1.90. The number of rotatable bonds is 4. The van der Waals surface area contributed by atoms with Crippen molar-refractivity contribution in [3.8, 4) is 0 Å². The van der Waals surface area contributed by atoms with Crippen molar-refractivity contribution in [2.45, 2.75) is 25.4 Å². The average molecular weight is 301 g/mol. The van der Waals surface area contributed by atoms with Gasteiger partial charge in [-0.3, -0.25) is 0 Å². The lowest BCUT2D eigenvalue weighted by molar-refractivity contribution is 0.289. The van der Waals surface area contributed by atoms with E-state index in [4.69, 9.17) is 0 Å². The van der Waals surface area contributed by atoms with Crippen LogP contribution < -0.4 is 5.32 Å². The van der Waals surface area contributed by atoms with Gasteiger partial charge in [-0.05, 0) is 38.6 Å². The first-order valence-corrected chi connectivity index (χ1v) is 6.80. The topological polar surface area (TPSA) is 15.3 Å². The second-order valence-electron chi connectivity index (χ2n) is 4.73. The second kappa shape index (κ2) is 5.94. The molecule has 0 aromatic heterocycles. The molecule has 1 saturated heterocycles. The molecule has 4 heteroatoms. The fourth-order valence-electron chi connectivity index (χ4n) is 2.29. The summed E-state index contributed by atoms with van der Waals surface area (Å²) in [5, 5.41) is 3.45. The van der Waals surface area contributed by atoms with Gasteiger partial charge < -0.3 is 10.2 Å². The molecule has 0 amide bonds. The fourth-order valence-corrected chi connectivity index (χ4v) is 2.63. The van der Waals surface area contributed by atoms with Gasteiger partial charge in [0.25, 0.3) is 0 Å². The highest BCUT2D eigenvalue weighted by molar-refractivity contribution is 9.10. The van der Waals surface area contributed by atoms with Crippen molar-refractivity contribution in [1.29, 1.82) is 0 Å². The summed E-state index contributed by atoms with van der Waals surface area (Å²) in [6.07, 6.45) is 2.48. The third-order valence-corrected chi connectivity index (χ3v) is 3.64. The minimum absolute atomic E-state index is 0.134. The normalized spacial score (nSPS) is 20.1. The Morgan fingerprint density at radius 3 is 3.00 bits per heavy atom. The van der Waals surface area contributed by atoms with E-state index in [1.807, 2.05) is 19.2 Å². The summed E-state index contributed by atoms with van der Waals surface area (Å²) < 4.78 is 14.4. The molecule has 0 spiro atoms. The van der Waals surface area contributed by atoms with Gasteiger partial charge in [0.1, 0.15) is 5.82 Å². The Labute approximate surface area is 110 Å². The van der Waals surface area contributed by atoms with Crippen molar-refractivity contribution < 1.29 is 4.39 Å². The summed E-state index contributed by atoms with van der Waals surface area (Å²) >= 11 is 3.27. The third kappa shape index (κ3) is 3.76. The first-order valence-electron chi connectivity index (χ1n) is 6.01. The van der Waals surface area contributed by atoms with Gasteiger partial charge in [-0.15, -0.1) is 0 Å². The number of hydrogen-bond donors (Lipinski definition) is 1. The highest BCUT2D eigenvalue weighted by atomic mass is 79.9. The lowest BCUT2D eigenvalue weighted by Gasteiger charge is -2.21. The summed E-state index contributed by atoms with van der Waals surface area (Å²) in [5.41, 5.74) is 0.758. The molecule has 2 nitrogen and oxygen atoms in total. The van der Waals surface area contributed by atoms with Gasteiger partial charge in [0.05, 0.1) is 0 Å². The van der Waals surface area contributed by atoms with Crippen molar-refractivity contribution in [1.82, 2.24) is 10.2 Å². The lowest BCUT2D eigenvalue weighted by Crippen LogP contribution is -2.35. The number of nitrogens with zero attached hydrogens (tertiary/aromatic N) is 1. The summed E-state index contributed by atoms with van der Waals surface area (Å²) in [6, 6.07) is 5.83. The van der Waals surface area contributed by atoms with Crippen LogP contribution in [0.15, 0.2) is 22.7 Å². The minimum atomic E-state index is -0.134. The number of likely N-dealkylation sites (N-methyl/N-ethyl adjacent to an activating group) is 1. The maximum absolute atomic E-state index is 13.7. The quantitative estimate of drug-likeness (QED) is 0.920. The first-order chi connectivity index (χ1) is 8.15. The molecule has 0 bridgehead atoms. The van der Waals surface area contributed by atoms with Gasteiger partial charge in [-0.2, -0.15) is 0 Å². The summed E-state index contributed by atoms with van der Waals surface area (Å²) in [7, 11) is 2.04. The number of halogens is 2. The van der Waals surface area contributed by atoms with E-state index >= 15 is 0 Å². The van der Waals surface area contributed by atoms with Crippen molar-refractivity contribution in [2.75, 3.05) is 20.1 Å². The molecular formula is C13H18BrFN2. The van der Waals surface area contributed by atoms with Gasteiger partial charge >= 0.3 is 0 Å². The molecule has 1 aliphatic heterocycles. The Kier molecular flexibility index (Phi) is 4.54. The largest absolute Gasteiger partial charge is 0.313 e. The van der Waals surface area contributed by atoms with Crippen LogP contribution in [0.2, 0.25) is 0 Å². The fraction of sp³-hybridized carbons (Fsp3) is 0.538. The standard InChI is InChI=1S/C13H18BrFN2/c1-17(9-12-3-2-6-16-12)8-10-4-5-11(14)7-13(10)15/h4-5,7,12,16H,2-3,6,8-9H2,1H3. The Morgan fingerprint density at radius 2 is 2.35 bits per heavy atom. The molecule has 1 fully saturated rings. The van der Waals surface area contributed by atoms with E-state index in [0.717, 1.165) is 23.1 Å². The van der Waals surface area contributed by atoms with Crippen LogP contribution in [0.5, 0.6) is 0 Å². The van der Waals surface area contributed by atoms with Gasteiger partial charge in [0.2, 0.25) is 0 Å². The molecule has 1 unspecified atom stereocenters. The molecule has 1 N–H and O–H groups in total. The molecule has 2 rings (SSSR count). The second-order valence-corrected chi connectivity index (χ2v) is 5.64. The highest BCUT2D eigenvalue weighted by Gasteiger charge is 2.16. The van der Waals surface area contributed by atoms with Crippen molar-refractivity contribution in [3.63, 3.8) is 0 Å². The zero-order valence-corrected chi connectivity index (χ0v) is 11.6. The smallest absolute Gasteiger partial charge is 0.128 e.